The molecule has 1 spiro atoms. The lowest BCUT2D eigenvalue weighted by Crippen LogP contribution is -2.64. The van der Waals surface area contributed by atoms with Crippen LogP contribution in [0.4, 0.5) is 0 Å². The van der Waals surface area contributed by atoms with Crippen molar-refractivity contribution in [3.05, 3.63) is 0 Å². The number of nitrogens with one attached hydrogen (secondary N) is 1. The fraction of sp³-hybridized carbons (Fsp3) is 0.941. The smallest absolute Gasteiger partial charge is 0.216 e. The van der Waals surface area contributed by atoms with E-state index in [0.717, 1.165) is 12.5 Å². The fourth-order valence-corrected chi connectivity index (χ4v) is 4.53. The first kappa shape index (κ1) is 16.2. The van der Waals surface area contributed by atoms with E-state index in [1.807, 2.05) is 0 Å². The predicted molar refractivity (Wildman–Crippen MR) is 88.8 cm³/mol. The molecule has 0 unspecified atom stereocenters. The minimum absolute atomic E-state index is 0.111. The third-order valence-corrected chi connectivity index (χ3v) is 5.85. The Hall–Kier alpha value is -0.650. The second-order valence-electron chi connectivity index (χ2n) is 7.70. The highest BCUT2D eigenvalue weighted by atomic mass is 16.1. The molecule has 1 N–H and O–H groups in total. The van der Waals surface area contributed by atoms with Crippen LogP contribution in [-0.2, 0) is 4.79 Å². The van der Waals surface area contributed by atoms with Crippen LogP contribution in [0.5, 0.6) is 0 Å². The fourth-order valence-electron chi connectivity index (χ4n) is 4.53. The Morgan fingerprint density at radius 2 is 1.64 bits per heavy atom. The molecule has 2 heterocycles. The van der Waals surface area contributed by atoms with Crippen LogP contribution in [0.1, 0.15) is 26.7 Å². The van der Waals surface area contributed by atoms with Crippen molar-refractivity contribution >= 4 is 5.91 Å². The first-order valence-electron chi connectivity index (χ1n) is 9.00. The molecule has 1 aliphatic carbocycles. The number of likely N-dealkylation sites (tertiary alicyclic amines) is 1. The van der Waals surface area contributed by atoms with Crippen LogP contribution in [0.25, 0.3) is 0 Å². The van der Waals surface area contributed by atoms with Gasteiger partial charge in [-0.05, 0) is 30.7 Å². The van der Waals surface area contributed by atoms with Crippen LogP contribution in [0.2, 0.25) is 0 Å². The molecule has 2 saturated heterocycles. The number of rotatable bonds is 6. The number of carbonyl (C=O) groups is 1. The summed E-state index contributed by atoms with van der Waals surface area (Å²) >= 11 is 0. The third-order valence-electron chi connectivity index (χ3n) is 5.85. The predicted octanol–water partition coefficient (Wildman–Crippen LogP) is 0.472. The maximum Gasteiger partial charge on any atom is 0.216 e. The van der Waals surface area contributed by atoms with Crippen molar-refractivity contribution in [3.63, 3.8) is 0 Å². The molecule has 1 saturated carbocycles. The summed E-state index contributed by atoms with van der Waals surface area (Å²) in [6, 6.07) is 0. The van der Waals surface area contributed by atoms with Crippen LogP contribution in [0.3, 0.4) is 0 Å². The van der Waals surface area contributed by atoms with Gasteiger partial charge in [0.15, 0.2) is 0 Å². The van der Waals surface area contributed by atoms with Crippen molar-refractivity contribution in [1.82, 2.24) is 20.0 Å². The summed E-state index contributed by atoms with van der Waals surface area (Å²) in [6.07, 6.45) is 2.64. The molecule has 3 aliphatic rings. The normalized spacial score (nSPS) is 26.6. The zero-order valence-electron chi connectivity index (χ0n) is 14.3. The minimum atomic E-state index is 0.111. The van der Waals surface area contributed by atoms with Gasteiger partial charge in [-0.25, -0.2) is 0 Å². The Bertz CT molecular complexity index is 378. The number of carbonyl (C=O) groups excluding carboxylic acids is 1. The minimum Gasteiger partial charge on any atom is -0.356 e. The zero-order chi connectivity index (χ0) is 15.6. The standard InChI is InChI=1S/C17H32N4O/c1-3-19-4-6-20(7-5-19)8-9-21-13-17(14-21)10-16(11-17)12-18-15(2)22/h16H,3-14H2,1-2H3,(H,18,22). The Morgan fingerprint density at radius 3 is 2.23 bits per heavy atom. The quantitative estimate of drug-likeness (QED) is 0.774. The summed E-state index contributed by atoms with van der Waals surface area (Å²) in [6.45, 7) is 16.0. The second-order valence-corrected chi connectivity index (χ2v) is 7.70. The molecule has 126 valence electrons. The molecule has 0 bridgehead atoms. The number of nitrogens with zero attached hydrogens (tertiary/aromatic N) is 3. The van der Waals surface area contributed by atoms with Gasteiger partial charge < -0.3 is 15.1 Å². The van der Waals surface area contributed by atoms with Gasteiger partial charge in [0, 0.05) is 65.8 Å². The Balaban J connectivity index is 1.25. The molecular formula is C17H32N4O. The van der Waals surface area contributed by atoms with E-state index in [1.165, 1.54) is 71.7 Å². The van der Waals surface area contributed by atoms with Crippen molar-refractivity contribution in [2.75, 3.05) is 65.4 Å². The largest absolute Gasteiger partial charge is 0.356 e. The second kappa shape index (κ2) is 6.85. The van der Waals surface area contributed by atoms with E-state index in [2.05, 4.69) is 26.9 Å². The molecule has 2 aliphatic heterocycles. The van der Waals surface area contributed by atoms with Gasteiger partial charge in [-0.3, -0.25) is 9.69 Å². The molecular weight excluding hydrogens is 276 g/mol. The van der Waals surface area contributed by atoms with E-state index in [4.69, 9.17) is 0 Å². The van der Waals surface area contributed by atoms with Gasteiger partial charge in [-0.15, -0.1) is 0 Å². The summed E-state index contributed by atoms with van der Waals surface area (Å²) in [7, 11) is 0. The van der Waals surface area contributed by atoms with Crippen LogP contribution in [0.15, 0.2) is 0 Å². The first-order chi connectivity index (χ1) is 10.6. The van der Waals surface area contributed by atoms with E-state index in [-0.39, 0.29) is 5.91 Å². The van der Waals surface area contributed by atoms with Crippen molar-refractivity contribution < 1.29 is 4.79 Å². The van der Waals surface area contributed by atoms with Crippen molar-refractivity contribution in [1.29, 1.82) is 0 Å². The maximum absolute atomic E-state index is 10.9. The summed E-state index contributed by atoms with van der Waals surface area (Å²) < 4.78 is 0. The van der Waals surface area contributed by atoms with Crippen LogP contribution >= 0.6 is 0 Å². The van der Waals surface area contributed by atoms with Crippen LogP contribution in [0, 0.1) is 11.3 Å². The van der Waals surface area contributed by atoms with Crippen LogP contribution < -0.4 is 5.32 Å². The average Bonchev–Trinajstić information content (AvgIpc) is 2.43. The van der Waals surface area contributed by atoms with Gasteiger partial charge in [0.2, 0.25) is 5.91 Å². The average molecular weight is 308 g/mol. The van der Waals surface area contributed by atoms with Crippen molar-refractivity contribution in [2.45, 2.75) is 26.7 Å². The molecule has 0 aromatic heterocycles. The third kappa shape index (κ3) is 3.81. The first-order valence-corrected chi connectivity index (χ1v) is 9.00. The van der Waals surface area contributed by atoms with Gasteiger partial charge in [-0.1, -0.05) is 6.92 Å². The van der Waals surface area contributed by atoms with Gasteiger partial charge in [0.05, 0.1) is 0 Å². The number of piperazine rings is 1. The van der Waals surface area contributed by atoms with Gasteiger partial charge in [0.1, 0.15) is 0 Å². The molecule has 0 atom stereocenters. The lowest BCUT2D eigenvalue weighted by atomic mass is 9.57. The molecule has 3 rings (SSSR count). The molecule has 1 amide bonds. The summed E-state index contributed by atoms with van der Waals surface area (Å²) in [4.78, 5) is 18.7. The monoisotopic (exact) mass is 308 g/mol. The number of hydrogen-bond acceptors (Lipinski definition) is 4. The highest BCUT2D eigenvalue weighted by Gasteiger charge is 2.51. The lowest BCUT2D eigenvalue weighted by molar-refractivity contribution is -0.121. The molecule has 3 fully saturated rings. The van der Waals surface area contributed by atoms with E-state index in [1.54, 1.807) is 6.92 Å². The number of likely N-dealkylation sites (N-methyl/N-ethyl adjacent to an activating group) is 1. The van der Waals surface area contributed by atoms with Gasteiger partial charge in [0.25, 0.3) is 0 Å². The highest BCUT2D eigenvalue weighted by molar-refractivity contribution is 5.72. The summed E-state index contributed by atoms with van der Waals surface area (Å²) in [5.74, 6) is 0.840. The Kier molecular flexibility index (Phi) is 5.05. The molecule has 5 heteroatoms. The van der Waals surface area contributed by atoms with Gasteiger partial charge in [-0.2, -0.15) is 0 Å². The van der Waals surface area contributed by atoms with E-state index >= 15 is 0 Å². The summed E-state index contributed by atoms with van der Waals surface area (Å²) in [5.41, 5.74) is 0.615. The molecule has 0 aromatic carbocycles. The maximum atomic E-state index is 10.9. The molecule has 22 heavy (non-hydrogen) atoms. The van der Waals surface area contributed by atoms with Crippen molar-refractivity contribution in [2.24, 2.45) is 11.3 Å². The molecule has 5 nitrogen and oxygen atoms in total. The Morgan fingerprint density at radius 1 is 1.05 bits per heavy atom. The highest BCUT2D eigenvalue weighted by Crippen LogP contribution is 2.51. The lowest BCUT2D eigenvalue weighted by Gasteiger charge is -2.59. The number of hydrogen-bond donors (Lipinski definition) is 1. The Labute approximate surface area is 135 Å². The van der Waals surface area contributed by atoms with E-state index in [0.29, 0.717) is 5.41 Å². The molecule has 0 aromatic rings. The number of amides is 1. The zero-order valence-corrected chi connectivity index (χ0v) is 14.3. The molecule has 0 radical (unpaired) electrons. The SMILES string of the molecule is CCN1CCN(CCN2CC3(CC(CNC(C)=O)C3)C2)CC1. The van der Waals surface area contributed by atoms with Gasteiger partial charge >= 0.3 is 0 Å². The van der Waals surface area contributed by atoms with E-state index < -0.39 is 0 Å². The van der Waals surface area contributed by atoms with Crippen molar-refractivity contribution in [3.8, 4) is 0 Å². The van der Waals surface area contributed by atoms with Crippen LogP contribution in [-0.4, -0.2) is 86.1 Å². The summed E-state index contributed by atoms with van der Waals surface area (Å²) in [5, 5.41) is 2.96. The topological polar surface area (TPSA) is 38.8 Å². The van der Waals surface area contributed by atoms with E-state index in [9.17, 15) is 4.79 Å².